The Labute approximate surface area is 111 Å². The molecule has 1 rings (SSSR count). The zero-order valence-corrected chi connectivity index (χ0v) is 12.1. The molecular formula is C12H19NO2S2. The molecule has 1 aromatic rings. The fraction of sp³-hybridized carbons (Fsp3) is 0.583. The van der Waals surface area contributed by atoms with E-state index in [2.05, 4.69) is 18.4 Å². The van der Waals surface area contributed by atoms with Crippen LogP contribution in [0, 0.1) is 6.92 Å². The van der Waals surface area contributed by atoms with Crippen LogP contribution in [0.2, 0.25) is 0 Å². The van der Waals surface area contributed by atoms with E-state index in [0.717, 1.165) is 0 Å². The molecule has 2 N–H and O–H groups in total. The number of thioether (sulfide) groups is 1. The molecule has 17 heavy (non-hydrogen) atoms. The largest absolute Gasteiger partial charge is 0.465 e. The zero-order chi connectivity index (χ0) is 12.8. The van der Waals surface area contributed by atoms with Gasteiger partial charge < -0.3 is 10.5 Å². The smallest absolute Gasteiger partial charge is 0.315 e. The summed E-state index contributed by atoms with van der Waals surface area (Å²) in [5, 5.41) is 2.23. The lowest BCUT2D eigenvalue weighted by Gasteiger charge is -2.19. The Balaban J connectivity index is 2.62. The van der Waals surface area contributed by atoms with Crippen LogP contribution in [-0.4, -0.2) is 24.4 Å². The molecule has 0 amide bonds. The maximum atomic E-state index is 11.3. The third-order valence-corrected chi connectivity index (χ3v) is 5.00. The van der Waals surface area contributed by atoms with Gasteiger partial charge in [-0.2, -0.15) is 0 Å². The Kier molecular flexibility index (Phi) is 6.02. The minimum absolute atomic E-state index is 0.0202. The second-order valence-electron chi connectivity index (χ2n) is 3.86. The molecule has 0 saturated carbocycles. The topological polar surface area (TPSA) is 52.3 Å². The molecule has 1 aromatic heterocycles. The van der Waals surface area contributed by atoms with Gasteiger partial charge in [0.15, 0.2) is 0 Å². The number of esters is 1. The lowest BCUT2D eigenvalue weighted by molar-refractivity contribution is -0.139. The Hall–Kier alpha value is -0.520. The van der Waals surface area contributed by atoms with Gasteiger partial charge in [-0.3, -0.25) is 4.79 Å². The lowest BCUT2D eigenvalue weighted by atomic mass is 10.1. The summed E-state index contributed by atoms with van der Waals surface area (Å²) in [5.41, 5.74) is 7.23. The summed E-state index contributed by atoms with van der Waals surface area (Å²) in [6.07, 6.45) is 0. The number of hydrogen-bond acceptors (Lipinski definition) is 5. The minimum Gasteiger partial charge on any atom is -0.465 e. The van der Waals surface area contributed by atoms with Gasteiger partial charge in [0.1, 0.15) is 0 Å². The van der Waals surface area contributed by atoms with Gasteiger partial charge in [-0.05, 0) is 37.8 Å². The first-order chi connectivity index (χ1) is 8.06. The summed E-state index contributed by atoms with van der Waals surface area (Å²) in [7, 11) is 0. The third kappa shape index (κ3) is 4.33. The summed E-state index contributed by atoms with van der Waals surface area (Å²) in [4.78, 5) is 12.6. The average Bonchev–Trinajstić information content (AvgIpc) is 2.65. The van der Waals surface area contributed by atoms with Crippen molar-refractivity contribution in [2.75, 3.05) is 12.4 Å². The normalized spacial score (nSPS) is 14.4. The second-order valence-corrected chi connectivity index (χ2v) is 5.94. The second kappa shape index (κ2) is 7.03. The number of carbonyl (C=O) groups is 1. The summed E-state index contributed by atoms with van der Waals surface area (Å²) < 4.78 is 4.92. The van der Waals surface area contributed by atoms with Crippen molar-refractivity contribution in [3.05, 3.63) is 21.9 Å². The highest BCUT2D eigenvalue weighted by Gasteiger charge is 2.21. The Bertz CT molecular complexity index is 363. The van der Waals surface area contributed by atoms with Crippen LogP contribution in [0.25, 0.3) is 0 Å². The summed E-state index contributed by atoms with van der Waals surface area (Å²) in [5.74, 6) is 0.189. The van der Waals surface area contributed by atoms with Crippen LogP contribution in [0.4, 0.5) is 0 Å². The van der Waals surface area contributed by atoms with E-state index in [0.29, 0.717) is 12.4 Å². The quantitative estimate of drug-likeness (QED) is 0.810. The van der Waals surface area contributed by atoms with Gasteiger partial charge in [0.05, 0.1) is 17.6 Å². The standard InChI is InChI=1S/C12H19NO2S2/c1-4-15-10(14)7-17-12(9(3)13)11-8(2)5-6-16-11/h5-6,9,12H,4,7,13H2,1-3H3. The highest BCUT2D eigenvalue weighted by Crippen LogP contribution is 2.36. The van der Waals surface area contributed by atoms with E-state index in [4.69, 9.17) is 10.5 Å². The van der Waals surface area contributed by atoms with Crippen molar-refractivity contribution >= 4 is 29.1 Å². The predicted molar refractivity (Wildman–Crippen MR) is 74.5 cm³/mol. The fourth-order valence-corrected chi connectivity index (χ4v) is 3.93. The van der Waals surface area contributed by atoms with Gasteiger partial charge in [-0.25, -0.2) is 0 Å². The van der Waals surface area contributed by atoms with Crippen molar-refractivity contribution in [1.82, 2.24) is 0 Å². The summed E-state index contributed by atoms with van der Waals surface area (Å²) in [6, 6.07) is 2.10. The van der Waals surface area contributed by atoms with Crippen LogP contribution >= 0.6 is 23.1 Å². The molecule has 0 aromatic carbocycles. The predicted octanol–water partition coefficient (Wildman–Crippen LogP) is 2.74. The number of nitrogens with two attached hydrogens (primary N) is 1. The van der Waals surface area contributed by atoms with Crippen molar-refractivity contribution in [3.63, 3.8) is 0 Å². The summed E-state index contributed by atoms with van der Waals surface area (Å²) >= 11 is 3.26. The van der Waals surface area contributed by atoms with Gasteiger partial charge in [-0.1, -0.05) is 0 Å². The van der Waals surface area contributed by atoms with Crippen LogP contribution in [-0.2, 0) is 9.53 Å². The van der Waals surface area contributed by atoms with Gasteiger partial charge >= 0.3 is 5.97 Å². The van der Waals surface area contributed by atoms with Crippen molar-refractivity contribution < 1.29 is 9.53 Å². The highest BCUT2D eigenvalue weighted by atomic mass is 32.2. The van der Waals surface area contributed by atoms with Gasteiger partial charge in [0, 0.05) is 10.9 Å². The molecule has 0 bridgehead atoms. The Morgan fingerprint density at radius 2 is 2.35 bits per heavy atom. The minimum atomic E-state index is -0.169. The molecule has 1 heterocycles. The van der Waals surface area contributed by atoms with Crippen LogP contribution in [0.5, 0.6) is 0 Å². The molecule has 2 unspecified atom stereocenters. The van der Waals surface area contributed by atoms with E-state index in [1.165, 1.54) is 10.4 Å². The average molecular weight is 273 g/mol. The van der Waals surface area contributed by atoms with Crippen molar-refractivity contribution in [2.24, 2.45) is 5.73 Å². The van der Waals surface area contributed by atoms with E-state index in [-0.39, 0.29) is 17.3 Å². The highest BCUT2D eigenvalue weighted by molar-refractivity contribution is 8.00. The molecule has 5 heteroatoms. The molecular weight excluding hydrogens is 254 g/mol. The first-order valence-electron chi connectivity index (χ1n) is 5.63. The van der Waals surface area contributed by atoms with Crippen LogP contribution < -0.4 is 5.73 Å². The lowest BCUT2D eigenvalue weighted by Crippen LogP contribution is -2.23. The van der Waals surface area contributed by atoms with E-state index in [1.807, 2.05) is 13.8 Å². The fourth-order valence-electron chi connectivity index (χ4n) is 1.50. The number of hydrogen-bond donors (Lipinski definition) is 1. The van der Waals surface area contributed by atoms with E-state index < -0.39 is 0 Å². The molecule has 0 radical (unpaired) electrons. The maximum Gasteiger partial charge on any atom is 0.315 e. The molecule has 0 aliphatic carbocycles. The molecule has 0 fully saturated rings. The molecule has 0 aliphatic heterocycles. The number of ether oxygens (including phenoxy) is 1. The first kappa shape index (κ1) is 14.5. The molecule has 0 spiro atoms. The molecule has 0 saturated heterocycles. The van der Waals surface area contributed by atoms with Crippen molar-refractivity contribution in [2.45, 2.75) is 32.1 Å². The Morgan fingerprint density at radius 1 is 1.65 bits per heavy atom. The summed E-state index contributed by atoms with van der Waals surface area (Å²) in [6.45, 7) is 6.30. The van der Waals surface area contributed by atoms with Gasteiger partial charge in [0.25, 0.3) is 0 Å². The third-order valence-electron chi connectivity index (χ3n) is 2.32. The van der Waals surface area contributed by atoms with Gasteiger partial charge in [-0.15, -0.1) is 23.1 Å². The molecule has 0 aliphatic rings. The molecule has 2 atom stereocenters. The number of thiophene rings is 1. The van der Waals surface area contributed by atoms with E-state index in [1.54, 1.807) is 23.1 Å². The van der Waals surface area contributed by atoms with Crippen molar-refractivity contribution in [1.29, 1.82) is 0 Å². The van der Waals surface area contributed by atoms with Crippen molar-refractivity contribution in [3.8, 4) is 0 Å². The number of aryl methyl sites for hydroxylation is 1. The SMILES string of the molecule is CCOC(=O)CSC(c1sccc1C)C(C)N. The van der Waals surface area contributed by atoms with Crippen LogP contribution in [0.1, 0.15) is 29.5 Å². The zero-order valence-electron chi connectivity index (χ0n) is 10.4. The van der Waals surface area contributed by atoms with Crippen LogP contribution in [0.15, 0.2) is 11.4 Å². The number of rotatable bonds is 6. The maximum absolute atomic E-state index is 11.3. The van der Waals surface area contributed by atoms with Gasteiger partial charge in [0.2, 0.25) is 0 Å². The van der Waals surface area contributed by atoms with E-state index in [9.17, 15) is 4.79 Å². The molecule has 3 nitrogen and oxygen atoms in total. The monoisotopic (exact) mass is 273 g/mol. The first-order valence-corrected chi connectivity index (χ1v) is 7.55. The van der Waals surface area contributed by atoms with E-state index >= 15 is 0 Å². The molecule has 96 valence electrons. The number of carbonyl (C=O) groups excluding carboxylic acids is 1. The van der Waals surface area contributed by atoms with Crippen LogP contribution in [0.3, 0.4) is 0 Å². The Morgan fingerprint density at radius 3 is 2.82 bits per heavy atom.